The number of anilines is 4. The predicted molar refractivity (Wildman–Crippen MR) is 109 cm³/mol. The molecule has 7 nitrogen and oxygen atoms in total. The van der Waals surface area contributed by atoms with E-state index in [4.69, 9.17) is 16.5 Å². The van der Waals surface area contributed by atoms with Gasteiger partial charge in [0, 0.05) is 42.3 Å². The van der Waals surface area contributed by atoms with Crippen LogP contribution >= 0.6 is 0 Å². The van der Waals surface area contributed by atoms with Crippen molar-refractivity contribution in [1.29, 1.82) is 5.26 Å². The molecule has 1 unspecified atom stereocenters. The van der Waals surface area contributed by atoms with Crippen LogP contribution in [0.1, 0.15) is 43.9 Å². The molecule has 1 saturated heterocycles. The van der Waals surface area contributed by atoms with E-state index in [1.165, 1.54) is 0 Å². The maximum Gasteiger partial charge on any atom is 0.229 e. The number of unbranched alkanes of at least 4 members (excludes halogenated alkanes) is 1. The van der Waals surface area contributed by atoms with E-state index in [1.807, 2.05) is 6.07 Å². The van der Waals surface area contributed by atoms with Crippen molar-refractivity contribution in [3.05, 3.63) is 35.5 Å². The number of hydrogen-bond donors (Lipinski definition) is 3. The molecular formula is C20H27N7. The van der Waals surface area contributed by atoms with Gasteiger partial charge in [-0.2, -0.15) is 10.2 Å². The van der Waals surface area contributed by atoms with Crippen molar-refractivity contribution in [1.82, 2.24) is 9.97 Å². The largest absolute Gasteiger partial charge is 0.398 e. The third-order valence-corrected chi connectivity index (χ3v) is 4.76. The van der Waals surface area contributed by atoms with Gasteiger partial charge in [-0.1, -0.05) is 13.3 Å². The average Bonchev–Trinajstić information content (AvgIpc) is 2.67. The minimum Gasteiger partial charge on any atom is -0.398 e. The monoisotopic (exact) mass is 365 g/mol. The molecule has 0 aliphatic carbocycles. The fourth-order valence-electron chi connectivity index (χ4n) is 3.26. The number of piperidine rings is 1. The lowest BCUT2D eigenvalue weighted by Gasteiger charge is -2.32. The zero-order valence-electron chi connectivity index (χ0n) is 15.8. The molecule has 0 saturated carbocycles. The van der Waals surface area contributed by atoms with Gasteiger partial charge in [0.2, 0.25) is 5.95 Å². The molecule has 142 valence electrons. The number of hydrogen-bond acceptors (Lipinski definition) is 7. The summed E-state index contributed by atoms with van der Waals surface area (Å²) in [4.78, 5) is 11.6. The van der Waals surface area contributed by atoms with Gasteiger partial charge in [0.05, 0.1) is 5.56 Å². The molecule has 0 spiro atoms. The van der Waals surface area contributed by atoms with Crippen LogP contribution in [0.2, 0.25) is 0 Å². The number of nitrogens with zero attached hydrogens (tertiary/aromatic N) is 4. The van der Waals surface area contributed by atoms with Gasteiger partial charge in [0.25, 0.3) is 0 Å². The fourth-order valence-corrected chi connectivity index (χ4v) is 3.26. The van der Waals surface area contributed by atoms with E-state index in [-0.39, 0.29) is 6.04 Å². The summed E-state index contributed by atoms with van der Waals surface area (Å²) >= 11 is 0. The van der Waals surface area contributed by atoms with Gasteiger partial charge in [-0.25, -0.2) is 4.98 Å². The molecular weight excluding hydrogens is 338 g/mol. The number of nitrogens with one attached hydrogen (secondary N) is 1. The SMILES string of the molecule is CCCCc1cc(N2CCCC(N)C2)nc(Nc2ccc(N)c(C#N)c2)n1. The van der Waals surface area contributed by atoms with E-state index in [0.717, 1.165) is 62.4 Å². The van der Waals surface area contributed by atoms with Crippen molar-refractivity contribution in [2.75, 3.05) is 29.0 Å². The quantitative estimate of drug-likeness (QED) is 0.674. The molecule has 1 aliphatic heterocycles. The number of aryl methyl sites for hydroxylation is 1. The summed E-state index contributed by atoms with van der Waals surface area (Å²) in [5.41, 5.74) is 14.6. The smallest absolute Gasteiger partial charge is 0.229 e. The van der Waals surface area contributed by atoms with E-state index >= 15 is 0 Å². The van der Waals surface area contributed by atoms with Crippen LogP contribution in [0.15, 0.2) is 24.3 Å². The van der Waals surface area contributed by atoms with Gasteiger partial charge in [-0.15, -0.1) is 0 Å². The molecule has 0 bridgehead atoms. The highest BCUT2D eigenvalue weighted by Gasteiger charge is 2.19. The molecule has 1 fully saturated rings. The minimum atomic E-state index is 0.180. The zero-order valence-corrected chi connectivity index (χ0v) is 15.8. The average molecular weight is 365 g/mol. The summed E-state index contributed by atoms with van der Waals surface area (Å²) in [6.07, 6.45) is 5.22. The highest BCUT2D eigenvalue weighted by atomic mass is 15.2. The van der Waals surface area contributed by atoms with Crippen molar-refractivity contribution < 1.29 is 0 Å². The molecule has 5 N–H and O–H groups in total. The number of rotatable bonds is 6. The molecule has 2 heterocycles. The van der Waals surface area contributed by atoms with Crippen molar-refractivity contribution >= 4 is 23.1 Å². The second-order valence-electron chi connectivity index (χ2n) is 7.03. The summed E-state index contributed by atoms with van der Waals surface area (Å²) in [6, 6.07) is 9.61. The van der Waals surface area contributed by atoms with Crippen LogP contribution in [0.4, 0.5) is 23.1 Å². The van der Waals surface area contributed by atoms with Gasteiger partial charge in [0.15, 0.2) is 0 Å². The van der Waals surface area contributed by atoms with E-state index in [9.17, 15) is 5.26 Å². The normalized spacial score (nSPS) is 16.8. The molecule has 0 radical (unpaired) electrons. The van der Waals surface area contributed by atoms with Crippen molar-refractivity contribution in [3.63, 3.8) is 0 Å². The Morgan fingerprint density at radius 2 is 2.19 bits per heavy atom. The van der Waals surface area contributed by atoms with Crippen LogP contribution in [-0.4, -0.2) is 29.1 Å². The Bertz CT molecular complexity index is 828. The van der Waals surface area contributed by atoms with Crippen LogP contribution in [-0.2, 0) is 6.42 Å². The summed E-state index contributed by atoms with van der Waals surface area (Å²) < 4.78 is 0. The van der Waals surface area contributed by atoms with Crippen LogP contribution in [0.25, 0.3) is 0 Å². The Hall–Kier alpha value is -2.85. The Kier molecular flexibility index (Phi) is 6.09. The first-order valence-corrected chi connectivity index (χ1v) is 9.54. The van der Waals surface area contributed by atoms with E-state index in [1.54, 1.807) is 12.1 Å². The number of benzene rings is 1. The van der Waals surface area contributed by atoms with E-state index in [2.05, 4.69) is 34.3 Å². The number of nitriles is 1. The fraction of sp³-hybridized carbons (Fsp3) is 0.450. The second kappa shape index (κ2) is 8.69. The lowest BCUT2D eigenvalue weighted by molar-refractivity contribution is 0.503. The first-order chi connectivity index (χ1) is 13.1. The highest BCUT2D eigenvalue weighted by Crippen LogP contribution is 2.24. The van der Waals surface area contributed by atoms with Crippen LogP contribution < -0.4 is 21.7 Å². The molecule has 1 atom stereocenters. The Morgan fingerprint density at radius 1 is 1.33 bits per heavy atom. The second-order valence-corrected chi connectivity index (χ2v) is 7.03. The third kappa shape index (κ3) is 4.86. The van der Waals surface area contributed by atoms with Crippen molar-refractivity contribution in [2.24, 2.45) is 5.73 Å². The first-order valence-electron chi connectivity index (χ1n) is 9.54. The summed E-state index contributed by atoms with van der Waals surface area (Å²) in [7, 11) is 0. The summed E-state index contributed by atoms with van der Waals surface area (Å²) in [5.74, 6) is 1.44. The summed E-state index contributed by atoms with van der Waals surface area (Å²) in [5, 5.41) is 12.4. The van der Waals surface area contributed by atoms with Gasteiger partial charge in [-0.05, 0) is 43.9 Å². The molecule has 1 aliphatic rings. The first kappa shape index (κ1) is 18.9. The minimum absolute atomic E-state index is 0.180. The third-order valence-electron chi connectivity index (χ3n) is 4.76. The molecule has 3 rings (SSSR count). The Balaban J connectivity index is 1.89. The maximum atomic E-state index is 9.18. The number of nitrogens with two attached hydrogens (primary N) is 2. The molecule has 1 aromatic heterocycles. The van der Waals surface area contributed by atoms with Crippen molar-refractivity contribution in [3.8, 4) is 6.07 Å². The van der Waals surface area contributed by atoms with Gasteiger partial charge in [-0.3, -0.25) is 0 Å². The molecule has 2 aromatic rings. The zero-order chi connectivity index (χ0) is 19.2. The lowest BCUT2D eigenvalue weighted by Crippen LogP contribution is -2.43. The number of aromatic nitrogens is 2. The highest BCUT2D eigenvalue weighted by molar-refractivity contribution is 5.65. The van der Waals surface area contributed by atoms with Gasteiger partial charge in [0.1, 0.15) is 11.9 Å². The van der Waals surface area contributed by atoms with Gasteiger partial charge >= 0.3 is 0 Å². The molecule has 1 aromatic carbocycles. The molecule has 0 amide bonds. The predicted octanol–water partition coefficient (Wildman–Crippen LogP) is 2.94. The van der Waals surface area contributed by atoms with Crippen LogP contribution in [0.3, 0.4) is 0 Å². The maximum absolute atomic E-state index is 9.18. The van der Waals surface area contributed by atoms with E-state index in [0.29, 0.717) is 17.2 Å². The molecule has 7 heteroatoms. The summed E-state index contributed by atoms with van der Waals surface area (Å²) in [6.45, 7) is 3.94. The van der Waals surface area contributed by atoms with Crippen LogP contribution in [0.5, 0.6) is 0 Å². The Labute approximate surface area is 160 Å². The van der Waals surface area contributed by atoms with Gasteiger partial charge < -0.3 is 21.7 Å². The van der Waals surface area contributed by atoms with Crippen molar-refractivity contribution in [2.45, 2.75) is 45.1 Å². The van der Waals surface area contributed by atoms with Crippen LogP contribution in [0, 0.1) is 11.3 Å². The standard InChI is InChI=1S/C20H27N7/c1-2-3-6-16-11-19(27-9-4-5-15(22)13-27)26-20(24-16)25-17-7-8-18(23)14(10-17)12-21/h7-8,10-11,15H,2-6,9,13,22-23H2,1H3,(H,24,25,26). The Morgan fingerprint density at radius 3 is 2.93 bits per heavy atom. The van der Waals surface area contributed by atoms with E-state index < -0.39 is 0 Å². The lowest BCUT2D eigenvalue weighted by atomic mass is 10.1. The number of nitrogen functional groups attached to an aromatic ring is 1. The topological polar surface area (TPSA) is 117 Å². The molecule has 27 heavy (non-hydrogen) atoms.